The molecule has 0 aromatic heterocycles. The molecule has 0 unspecified atom stereocenters. The summed E-state index contributed by atoms with van der Waals surface area (Å²) in [5.74, 6) is 0. The summed E-state index contributed by atoms with van der Waals surface area (Å²) in [6.07, 6.45) is 17.6. The molecule has 1 fully saturated rings. The number of unbranched alkanes of at least 4 members (excludes halogenated alkanes) is 7. The third kappa shape index (κ3) is 7.34. The third-order valence-corrected chi connectivity index (χ3v) is 5.13. The minimum Gasteiger partial charge on any atom is -0.325 e. The molecule has 0 heterocycles. The fourth-order valence-electron chi connectivity index (χ4n) is 3.29. The lowest BCUT2D eigenvalue weighted by molar-refractivity contribution is 0.155. The van der Waals surface area contributed by atoms with Gasteiger partial charge in [-0.15, -0.1) is 0 Å². The topological polar surface area (TPSA) is 26.0 Å². The van der Waals surface area contributed by atoms with Crippen LogP contribution in [0.25, 0.3) is 0 Å². The maximum Gasteiger partial charge on any atom is 0.0154 e. The van der Waals surface area contributed by atoms with Gasteiger partial charge in [-0.25, -0.2) is 0 Å². The predicted molar refractivity (Wildman–Crippen MR) is 86.4 cm³/mol. The molecule has 0 spiro atoms. The number of nitrogens with two attached hydrogens (primary N) is 1. The molecule has 0 amide bonds. The number of rotatable bonds is 9. The summed E-state index contributed by atoms with van der Waals surface area (Å²) in [5, 5.41) is 0. The van der Waals surface area contributed by atoms with Crippen molar-refractivity contribution in [3.8, 4) is 0 Å². The lowest BCUT2D eigenvalue weighted by Crippen LogP contribution is -2.44. The molecule has 1 saturated carbocycles. The fourth-order valence-corrected chi connectivity index (χ4v) is 3.29. The Labute approximate surface area is 121 Å². The summed E-state index contributed by atoms with van der Waals surface area (Å²) in [6, 6.07) is 0. The van der Waals surface area contributed by atoms with Crippen molar-refractivity contribution in [2.24, 2.45) is 11.1 Å². The van der Waals surface area contributed by atoms with Gasteiger partial charge in [-0.05, 0) is 37.5 Å². The maximum atomic E-state index is 6.56. The van der Waals surface area contributed by atoms with Crippen molar-refractivity contribution in [3.05, 3.63) is 0 Å². The standard InChI is InChI=1S/C18H37N/c1-4-5-6-7-8-9-10-11-12-18(19)15-13-17(2,3)14-16-18/h4-16,19H2,1-3H3. The Morgan fingerprint density at radius 1 is 0.737 bits per heavy atom. The Kier molecular flexibility index (Phi) is 7.42. The molecule has 0 atom stereocenters. The highest BCUT2D eigenvalue weighted by molar-refractivity contribution is 4.92. The maximum absolute atomic E-state index is 6.56. The van der Waals surface area contributed by atoms with Gasteiger partial charge in [-0.2, -0.15) is 0 Å². The van der Waals surface area contributed by atoms with E-state index in [0.29, 0.717) is 5.41 Å². The quantitative estimate of drug-likeness (QED) is 0.524. The van der Waals surface area contributed by atoms with E-state index in [1.54, 1.807) is 0 Å². The molecule has 1 aliphatic carbocycles. The zero-order valence-electron chi connectivity index (χ0n) is 13.8. The molecule has 19 heavy (non-hydrogen) atoms. The largest absolute Gasteiger partial charge is 0.325 e. The molecule has 0 aromatic carbocycles. The normalized spacial score (nSPS) is 21.5. The van der Waals surface area contributed by atoms with Gasteiger partial charge in [0.15, 0.2) is 0 Å². The SMILES string of the molecule is CCCCCCCCCCC1(N)CCC(C)(C)CC1. The van der Waals surface area contributed by atoms with Crippen molar-refractivity contribution in [2.45, 2.75) is 110 Å². The predicted octanol–water partition coefficient (Wildman–Crippen LogP) is 5.81. The summed E-state index contributed by atoms with van der Waals surface area (Å²) in [5.41, 5.74) is 7.28. The smallest absolute Gasteiger partial charge is 0.0154 e. The van der Waals surface area contributed by atoms with E-state index >= 15 is 0 Å². The minimum absolute atomic E-state index is 0.178. The van der Waals surface area contributed by atoms with E-state index in [0.717, 1.165) is 0 Å². The fraction of sp³-hybridized carbons (Fsp3) is 1.00. The van der Waals surface area contributed by atoms with Crippen molar-refractivity contribution in [1.82, 2.24) is 0 Å². The van der Waals surface area contributed by atoms with Crippen molar-refractivity contribution in [3.63, 3.8) is 0 Å². The van der Waals surface area contributed by atoms with Crippen LogP contribution in [0.1, 0.15) is 104 Å². The van der Waals surface area contributed by atoms with Gasteiger partial charge in [0.2, 0.25) is 0 Å². The van der Waals surface area contributed by atoms with Crippen molar-refractivity contribution >= 4 is 0 Å². The van der Waals surface area contributed by atoms with E-state index in [2.05, 4.69) is 20.8 Å². The summed E-state index contributed by atoms with van der Waals surface area (Å²) in [4.78, 5) is 0. The highest BCUT2D eigenvalue weighted by Gasteiger charge is 2.34. The summed E-state index contributed by atoms with van der Waals surface area (Å²) >= 11 is 0. The van der Waals surface area contributed by atoms with E-state index in [-0.39, 0.29) is 5.54 Å². The first kappa shape index (κ1) is 17.0. The Morgan fingerprint density at radius 3 is 1.74 bits per heavy atom. The van der Waals surface area contributed by atoms with Gasteiger partial charge >= 0.3 is 0 Å². The van der Waals surface area contributed by atoms with Gasteiger partial charge < -0.3 is 5.73 Å². The molecule has 1 aliphatic rings. The van der Waals surface area contributed by atoms with E-state index in [4.69, 9.17) is 5.73 Å². The Bertz CT molecular complexity index is 222. The highest BCUT2D eigenvalue weighted by Crippen LogP contribution is 2.40. The summed E-state index contributed by atoms with van der Waals surface area (Å²) < 4.78 is 0. The summed E-state index contributed by atoms with van der Waals surface area (Å²) in [7, 11) is 0. The van der Waals surface area contributed by atoms with Crippen LogP contribution >= 0.6 is 0 Å². The van der Waals surface area contributed by atoms with Gasteiger partial charge in [0, 0.05) is 5.54 Å². The van der Waals surface area contributed by atoms with Crippen LogP contribution in [0.3, 0.4) is 0 Å². The van der Waals surface area contributed by atoms with E-state index < -0.39 is 0 Å². The van der Waals surface area contributed by atoms with Crippen molar-refractivity contribution in [1.29, 1.82) is 0 Å². The molecular formula is C18H37N. The molecule has 2 N–H and O–H groups in total. The third-order valence-electron chi connectivity index (χ3n) is 5.13. The lowest BCUT2D eigenvalue weighted by atomic mass is 9.68. The van der Waals surface area contributed by atoms with Gasteiger partial charge in [0.25, 0.3) is 0 Å². The Balaban J connectivity index is 2.00. The average Bonchev–Trinajstić information content (AvgIpc) is 2.37. The average molecular weight is 268 g/mol. The number of hydrogen-bond donors (Lipinski definition) is 1. The molecular weight excluding hydrogens is 230 g/mol. The van der Waals surface area contributed by atoms with Crippen LogP contribution in [0, 0.1) is 5.41 Å². The Morgan fingerprint density at radius 2 is 1.21 bits per heavy atom. The van der Waals surface area contributed by atoms with Gasteiger partial charge in [0.1, 0.15) is 0 Å². The van der Waals surface area contributed by atoms with Crippen LogP contribution in [0.15, 0.2) is 0 Å². The second-order valence-corrected chi connectivity index (χ2v) is 7.75. The van der Waals surface area contributed by atoms with Crippen LogP contribution in [0.4, 0.5) is 0 Å². The monoisotopic (exact) mass is 267 g/mol. The van der Waals surface area contributed by atoms with E-state index in [1.165, 1.54) is 83.5 Å². The number of hydrogen-bond acceptors (Lipinski definition) is 1. The molecule has 0 saturated heterocycles. The molecule has 114 valence electrons. The van der Waals surface area contributed by atoms with Crippen molar-refractivity contribution in [2.75, 3.05) is 0 Å². The molecule has 1 nitrogen and oxygen atoms in total. The molecule has 1 heteroatoms. The van der Waals surface area contributed by atoms with Crippen LogP contribution in [-0.2, 0) is 0 Å². The first-order valence-electron chi connectivity index (χ1n) is 8.76. The second kappa shape index (κ2) is 8.29. The molecule has 0 bridgehead atoms. The zero-order chi connectivity index (χ0) is 14.2. The molecule has 1 rings (SSSR count). The highest BCUT2D eigenvalue weighted by atomic mass is 14.7. The van der Waals surface area contributed by atoms with E-state index in [9.17, 15) is 0 Å². The lowest BCUT2D eigenvalue weighted by Gasteiger charge is -2.41. The second-order valence-electron chi connectivity index (χ2n) is 7.75. The van der Waals surface area contributed by atoms with Crippen LogP contribution < -0.4 is 5.73 Å². The van der Waals surface area contributed by atoms with Crippen LogP contribution in [-0.4, -0.2) is 5.54 Å². The van der Waals surface area contributed by atoms with Gasteiger partial charge in [-0.3, -0.25) is 0 Å². The Hall–Kier alpha value is -0.0400. The van der Waals surface area contributed by atoms with Gasteiger partial charge in [-0.1, -0.05) is 72.1 Å². The first-order valence-corrected chi connectivity index (χ1v) is 8.76. The van der Waals surface area contributed by atoms with E-state index in [1.807, 2.05) is 0 Å². The van der Waals surface area contributed by atoms with Crippen molar-refractivity contribution < 1.29 is 0 Å². The molecule has 0 radical (unpaired) electrons. The minimum atomic E-state index is 0.178. The first-order chi connectivity index (χ1) is 8.97. The zero-order valence-corrected chi connectivity index (χ0v) is 13.8. The van der Waals surface area contributed by atoms with Gasteiger partial charge in [0.05, 0.1) is 0 Å². The van der Waals surface area contributed by atoms with Crippen LogP contribution in [0.2, 0.25) is 0 Å². The molecule has 0 aromatic rings. The summed E-state index contributed by atoms with van der Waals surface area (Å²) in [6.45, 7) is 7.07. The van der Waals surface area contributed by atoms with Crippen LogP contribution in [0.5, 0.6) is 0 Å². The molecule has 0 aliphatic heterocycles.